The number of nitrogens with zero attached hydrogens (tertiary/aromatic N) is 5. The predicted octanol–water partition coefficient (Wildman–Crippen LogP) is 3.81. The Bertz CT molecular complexity index is 905. The van der Waals surface area contributed by atoms with Crippen molar-refractivity contribution in [3.8, 4) is 5.69 Å². The fraction of sp³-hybridized carbons (Fsp3) is 0.421. The van der Waals surface area contributed by atoms with Crippen molar-refractivity contribution in [2.45, 2.75) is 56.9 Å². The molecule has 0 bridgehead atoms. The Labute approximate surface area is 168 Å². The smallest absolute Gasteiger partial charge is 0.239 e. The van der Waals surface area contributed by atoms with E-state index >= 15 is 0 Å². The highest BCUT2D eigenvalue weighted by Crippen LogP contribution is 2.26. The molecule has 1 unspecified atom stereocenters. The van der Waals surface area contributed by atoms with Crippen LogP contribution in [0.5, 0.6) is 0 Å². The molecule has 2 heterocycles. The maximum Gasteiger partial charge on any atom is 0.239 e. The van der Waals surface area contributed by atoms with Gasteiger partial charge in [0.15, 0.2) is 5.82 Å². The highest BCUT2D eigenvalue weighted by atomic mass is 32.2. The molecule has 0 aliphatic heterocycles. The second-order valence-electron chi connectivity index (χ2n) is 6.47. The summed E-state index contributed by atoms with van der Waals surface area (Å²) in [6.45, 7) is 5.90. The normalized spacial score (nSPS) is 12.1. The van der Waals surface area contributed by atoms with Gasteiger partial charge >= 0.3 is 0 Å². The molecular weight excluding hydrogens is 376 g/mol. The van der Waals surface area contributed by atoms with Gasteiger partial charge in [0, 0.05) is 6.07 Å². The number of unbranched alkanes of at least 4 members (excludes halogenated alkanes) is 1. The molecular formula is C19H24N6O2S. The number of hydrogen-bond acceptors (Lipinski definition) is 7. The molecule has 2 aromatic heterocycles. The molecule has 28 heavy (non-hydrogen) atoms. The molecule has 3 aromatic rings. The minimum atomic E-state index is -0.356. The van der Waals surface area contributed by atoms with Gasteiger partial charge in [-0.15, -0.1) is 5.10 Å². The standard InChI is InChI=1S/C19H24N6O2S/c1-4-6-7-14-8-10-15(11-9-14)25-19(21-23-24-25)28-16(5-2)18(26)20-17-12-13(3)27-22-17/h8-12,16H,4-7H2,1-3H3,(H,20,22,26). The largest absolute Gasteiger partial charge is 0.360 e. The van der Waals surface area contributed by atoms with Crippen LogP contribution in [0.15, 0.2) is 40.0 Å². The van der Waals surface area contributed by atoms with Gasteiger partial charge in [0.1, 0.15) is 5.76 Å². The fourth-order valence-corrected chi connectivity index (χ4v) is 3.59. The second-order valence-corrected chi connectivity index (χ2v) is 7.64. The molecule has 0 aliphatic carbocycles. The summed E-state index contributed by atoms with van der Waals surface area (Å²) in [5.74, 6) is 0.886. The van der Waals surface area contributed by atoms with Crippen molar-refractivity contribution in [1.29, 1.82) is 0 Å². The van der Waals surface area contributed by atoms with E-state index in [0.717, 1.165) is 12.1 Å². The van der Waals surface area contributed by atoms with Gasteiger partial charge in [-0.25, -0.2) is 0 Å². The maximum atomic E-state index is 12.6. The predicted molar refractivity (Wildman–Crippen MR) is 108 cm³/mol. The zero-order valence-electron chi connectivity index (χ0n) is 16.3. The van der Waals surface area contributed by atoms with Gasteiger partial charge in [0.25, 0.3) is 0 Å². The van der Waals surface area contributed by atoms with Gasteiger partial charge < -0.3 is 9.84 Å². The van der Waals surface area contributed by atoms with E-state index in [4.69, 9.17) is 4.52 Å². The van der Waals surface area contributed by atoms with E-state index in [9.17, 15) is 4.79 Å². The number of carbonyl (C=O) groups is 1. The molecule has 0 fully saturated rings. The van der Waals surface area contributed by atoms with Crippen molar-refractivity contribution in [3.63, 3.8) is 0 Å². The summed E-state index contributed by atoms with van der Waals surface area (Å²) in [4.78, 5) is 12.6. The molecule has 0 saturated heterocycles. The summed E-state index contributed by atoms with van der Waals surface area (Å²) in [6, 6.07) is 9.88. The average Bonchev–Trinajstić information content (AvgIpc) is 3.33. The lowest BCUT2D eigenvalue weighted by Gasteiger charge is -2.13. The van der Waals surface area contributed by atoms with E-state index in [0.29, 0.717) is 23.2 Å². The van der Waals surface area contributed by atoms with Crippen LogP contribution in [-0.4, -0.2) is 36.5 Å². The van der Waals surface area contributed by atoms with Gasteiger partial charge in [-0.1, -0.05) is 49.3 Å². The van der Waals surface area contributed by atoms with Crippen LogP contribution in [0.4, 0.5) is 5.82 Å². The van der Waals surface area contributed by atoms with Crippen molar-refractivity contribution in [2.75, 3.05) is 5.32 Å². The quantitative estimate of drug-likeness (QED) is 0.545. The Morgan fingerprint density at radius 3 is 2.71 bits per heavy atom. The molecule has 3 rings (SSSR count). The number of hydrogen-bond donors (Lipinski definition) is 1. The molecule has 148 valence electrons. The summed E-state index contributed by atoms with van der Waals surface area (Å²) >= 11 is 1.33. The number of carbonyl (C=O) groups excluding carboxylic acids is 1. The van der Waals surface area contributed by atoms with E-state index in [-0.39, 0.29) is 11.2 Å². The number of amides is 1. The summed E-state index contributed by atoms with van der Waals surface area (Å²) in [5.41, 5.74) is 2.16. The first-order valence-corrected chi connectivity index (χ1v) is 10.3. The second kappa shape index (κ2) is 9.50. The minimum Gasteiger partial charge on any atom is -0.360 e. The van der Waals surface area contributed by atoms with E-state index in [1.807, 2.05) is 19.1 Å². The first kappa shape index (κ1) is 20.1. The Hall–Kier alpha value is -2.68. The first-order chi connectivity index (χ1) is 13.6. The number of benzene rings is 1. The van der Waals surface area contributed by atoms with E-state index in [1.165, 1.54) is 30.2 Å². The third-order valence-electron chi connectivity index (χ3n) is 4.23. The van der Waals surface area contributed by atoms with Crippen molar-refractivity contribution >= 4 is 23.5 Å². The van der Waals surface area contributed by atoms with Crippen LogP contribution in [0, 0.1) is 6.92 Å². The van der Waals surface area contributed by atoms with Crippen LogP contribution in [0.2, 0.25) is 0 Å². The fourth-order valence-electron chi connectivity index (χ4n) is 2.68. The Kier molecular flexibility index (Phi) is 6.80. The molecule has 0 saturated carbocycles. The minimum absolute atomic E-state index is 0.162. The number of nitrogens with one attached hydrogen (secondary N) is 1. The summed E-state index contributed by atoms with van der Waals surface area (Å²) in [6.07, 6.45) is 4.03. The third-order valence-corrected chi connectivity index (χ3v) is 5.53. The van der Waals surface area contributed by atoms with Gasteiger partial charge in [0.2, 0.25) is 11.1 Å². The molecule has 9 heteroatoms. The van der Waals surface area contributed by atoms with Crippen molar-refractivity contribution in [1.82, 2.24) is 25.4 Å². The molecule has 1 atom stereocenters. The van der Waals surface area contributed by atoms with Crippen LogP contribution in [0.1, 0.15) is 44.4 Å². The zero-order valence-corrected chi connectivity index (χ0v) is 17.1. The van der Waals surface area contributed by atoms with Crippen molar-refractivity contribution < 1.29 is 9.32 Å². The van der Waals surface area contributed by atoms with Crippen LogP contribution in [-0.2, 0) is 11.2 Å². The van der Waals surface area contributed by atoms with Gasteiger partial charge in [0.05, 0.1) is 10.9 Å². The third kappa shape index (κ3) is 4.98. The lowest BCUT2D eigenvalue weighted by molar-refractivity contribution is -0.115. The number of anilines is 1. The highest BCUT2D eigenvalue weighted by molar-refractivity contribution is 8.00. The summed E-state index contributed by atoms with van der Waals surface area (Å²) in [5, 5.41) is 18.8. The Morgan fingerprint density at radius 1 is 1.29 bits per heavy atom. The lowest BCUT2D eigenvalue weighted by Crippen LogP contribution is -2.25. The van der Waals surface area contributed by atoms with Crippen LogP contribution < -0.4 is 5.32 Å². The van der Waals surface area contributed by atoms with E-state index in [1.54, 1.807) is 17.7 Å². The Balaban J connectivity index is 1.70. The van der Waals surface area contributed by atoms with Gasteiger partial charge in [-0.05, 0) is 54.3 Å². The topological polar surface area (TPSA) is 98.7 Å². The van der Waals surface area contributed by atoms with Gasteiger partial charge in [-0.3, -0.25) is 4.79 Å². The van der Waals surface area contributed by atoms with Crippen molar-refractivity contribution in [3.05, 3.63) is 41.7 Å². The first-order valence-electron chi connectivity index (χ1n) is 9.39. The molecule has 0 aliphatic rings. The number of aromatic nitrogens is 5. The van der Waals surface area contributed by atoms with Crippen LogP contribution >= 0.6 is 11.8 Å². The van der Waals surface area contributed by atoms with E-state index in [2.05, 4.69) is 45.1 Å². The summed E-state index contributed by atoms with van der Waals surface area (Å²) in [7, 11) is 0. The maximum absolute atomic E-state index is 12.6. The molecule has 1 N–H and O–H groups in total. The van der Waals surface area contributed by atoms with Crippen LogP contribution in [0.3, 0.4) is 0 Å². The number of aryl methyl sites for hydroxylation is 2. The molecule has 0 radical (unpaired) electrons. The SMILES string of the molecule is CCCCc1ccc(-n2nnnc2SC(CC)C(=O)Nc2cc(C)on2)cc1. The molecule has 0 spiro atoms. The number of tetrazole rings is 1. The molecule has 8 nitrogen and oxygen atoms in total. The monoisotopic (exact) mass is 400 g/mol. The highest BCUT2D eigenvalue weighted by Gasteiger charge is 2.23. The Morgan fingerprint density at radius 2 is 2.07 bits per heavy atom. The van der Waals surface area contributed by atoms with Crippen LogP contribution in [0.25, 0.3) is 5.69 Å². The molecule has 1 aromatic carbocycles. The van der Waals surface area contributed by atoms with Gasteiger partial charge in [-0.2, -0.15) is 4.68 Å². The average molecular weight is 401 g/mol. The van der Waals surface area contributed by atoms with E-state index < -0.39 is 0 Å². The van der Waals surface area contributed by atoms with Crippen molar-refractivity contribution in [2.24, 2.45) is 0 Å². The molecule has 1 amide bonds. The summed E-state index contributed by atoms with van der Waals surface area (Å²) < 4.78 is 6.64. The number of rotatable bonds is 9. The number of thioether (sulfide) groups is 1. The lowest BCUT2D eigenvalue weighted by atomic mass is 10.1. The zero-order chi connectivity index (χ0) is 19.9.